The van der Waals surface area contributed by atoms with Gasteiger partial charge in [-0.3, -0.25) is 4.90 Å². The Balaban J connectivity index is 2.03. The number of halogens is 2. The lowest BCUT2D eigenvalue weighted by Gasteiger charge is -2.34. The second-order valence-electron chi connectivity index (χ2n) is 5.58. The molecule has 0 amide bonds. The van der Waals surface area contributed by atoms with Crippen LogP contribution in [0.3, 0.4) is 0 Å². The minimum absolute atomic E-state index is 0.0961. The Labute approximate surface area is 120 Å². The molecule has 0 saturated carbocycles. The molecule has 0 aromatic heterocycles. The minimum atomic E-state index is -0.780. The Morgan fingerprint density at radius 3 is 2.70 bits per heavy atom. The first kappa shape index (κ1) is 15.4. The average Bonchev–Trinajstić information content (AvgIpc) is 2.48. The number of rotatable bonds is 5. The standard InChI is InChI=1S/C16H24F2N2/c1-3-20(11-14-6-4-5-9-19-14)12(2)13-7-8-15(17)16(18)10-13/h7-8,10,12,14,19H,3-6,9,11H2,1-2H3. The van der Waals surface area contributed by atoms with Crippen molar-refractivity contribution in [1.82, 2.24) is 10.2 Å². The first-order chi connectivity index (χ1) is 9.61. The van der Waals surface area contributed by atoms with Crippen LogP contribution >= 0.6 is 0 Å². The molecule has 20 heavy (non-hydrogen) atoms. The molecule has 1 aliphatic rings. The fourth-order valence-electron chi connectivity index (χ4n) is 2.91. The van der Waals surface area contributed by atoms with Crippen LogP contribution in [0.1, 0.15) is 44.7 Å². The molecule has 0 bridgehead atoms. The van der Waals surface area contributed by atoms with Gasteiger partial charge in [-0.25, -0.2) is 8.78 Å². The molecular weight excluding hydrogens is 258 g/mol. The first-order valence-electron chi connectivity index (χ1n) is 7.54. The first-order valence-corrected chi connectivity index (χ1v) is 7.54. The fraction of sp³-hybridized carbons (Fsp3) is 0.625. The predicted molar refractivity (Wildman–Crippen MR) is 77.7 cm³/mol. The van der Waals surface area contributed by atoms with Gasteiger partial charge in [-0.15, -0.1) is 0 Å². The molecule has 2 nitrogen and oxygen atoms in total. The molecule has 1 aromatic carbocycles. The van der Waals surface area contributed by atoms with Crippen LogP contribution in [0.2, 0.25) is 0 Å². The van der Waals surface area contributed by atoms with Gasteiger partial charge in [-0.2, -0.15) is 0 Å². The van der Waals surface area contributed by atoms with Gasteiger partial charge < -0.3 is 5.32 Å². The van der Waals surface area contributed by atoms with E-state index in [0.717, 1.165) is 25.2 Å². The minimum Gasteiger partial charge on any atom is -0.313 e. The highest BCUT2D eigenvalue weighted by Gasteiger charge is 2.21. The van der Waals surface area contributed by atoms with Gasteiger partial charge in [0, 0.05) is 18.6 Å². The highest BCUT2D eigenvalue weighted by Crippen LogP contribution is 2.23. The number of nitrogens with one attached hydrogen (secondary N) is 1. The van der Waals surface area contributed by atoms with Crippen molar-refractivity contribution in [1.29, 1.82) is 0 Å². The summed E-state index contributed by atoms with van der Waals surface area (Å²) in [5, 5.41) is 3.53. The molecular formula is C16H24F2N2. The summed E-state index contributed by atoms with van der Waals surface area (Å²) in [6, 6.07) is 4.82. The fourth-order valence-corrected chi connectivity index (χ4v) is 2.91. The highest BCUT2D eigenvalue weighted by molar-refractivity contribution is 5.21. The van der Waals surface area contributed by atoms with E-state index in [1.54, 1.807) is 6.07 Å². The van der Waals surface area contributed by atoms with E-state index in [4.69, 9.17) is 0 Å². The van der Waals surface area contributed by atoms with Crippen molar-refractivity contribution in [2.24, 2.45) is 0 Å². The van der Waals surface area contributed by atoms with Crippen molar-refractivity contribution >= 4 is 0 Å². The van der Waals surface area contributed by atoms with Gasteiger partial charge in [0.25, 0.3) is 0 Å². The van der Waals surface area contributed by atoms with Gasteiger partial charge in [0.2, 0.25) is 0 Å². The molecule has 0 radical (unpaired) electrons. The monoisotopic (exact) mass is 282 g/mol. The molecule has 2 atom stereocenters. The molecule has 1 aliphatic heterocycles. The number of hydrogen-bond acceptors (Lipinski definition) is 2. The second-order valence-corrected chi connectivity index (χ2v) is 5.58. The lowest BCUT2D eigenvalue weighted by Crippen LogP contribution is -2.44. The molecule has 0 aliphatic carbocycles. The Morgan fingerprint density at radius 1 is 1.30 bits per heavy atom. The number of hydrogen-bond donors (Lipinski definition) is 1. The number of nitrogens with zero attached hydrogens (tertiary/aromatic N) is 1. The summed E-state index contributed by atoms with van der Waals surface area (Å²) in [4.78, 5) is 2.32. The van der Waals surface area contributed by atoms with E-state index in [0.29, 0.717) is 6.04 Å². The van der Waals surface area contributed by atoms with Gasteiger partial charge in [-0.05, 0) is 50.6 Å². The lowest BCUT2D eigenvalue weighted by molar-refractivity contribution is 0.184. The van der Waals surface area contributed by atoms with Crippen molar-refractivity contribution in [3.63, 3.8) is 0 Å². The maximum absolute atomic E-state index is 13.4. The molecule has 4 heteroatoms. The molecule has 1 fully saturated rings. The average molecular weight is 282 g/mol. The Hall–Kier alpha value is -1.00. The van der Waals surface area contributed by atoms with Crippen molar-refractivity contribution in [2.75, 3.05) is 19.6 Å². The number of piperidine rings is 1. The Bertz CT molecular complexity index is 430. The lowest BCUT2D eigenvalue weighted by atomic mass is 10.0. The van der Waals surface area contributed by atoms with Crippen LogP contribution in [0.5, 0.6) is 0 Å². The van der Waals surface area contributed by atoms with E-state index in [-0.39, 0.29) is 6.04 Å². The third kappa shape index (κ3) is 3.76. The summed E-state index contributed by atoms with van der Waals surface area (Å²) in [5.74, 6) is -1.54. The zero-order chi connectivity index (χ0) is 14.5. The molecule has 2 unspecified atom stereocenters. The van der Waals surface area contributed by atoms with Gasteiger partial charge >= 0.3 is 0 Å². The molecule has 1 aromatic rings. The summed E-state index contributed by atoms with van der Waals surface area (Å²) in [7, 11) is 0. The zero-order valence-electron chi connectivity index (χ0n) is 12.3. The predicted octanol–water partition coefficient (Wildman–Crippen LogP) is 3.49. The van der Waals surface area contributed by atoms with E-state index in [1.165, 1.54) is 31.4 Å². The maximum Gasteiger partial charge on any atom is 0.159 e. The zero-order valence-corrected chi connectivity index (χ0v) is 12.3. The summed E-state index contributed by atoms with van der Waals surface area (Å²) in [6.45, 7) is 7.11. The van der Waals surface area contributed by atoms with E-state index in [1.807, 2.05) is 0 Å². The van der Waals surface area contributed by atoms with Gasteiger partial charge in [0.15, 0.2) is 11.6 Å². The smallest absolute Gasteiger partial charge is 0.159 e. The quantitative estimate of drug-likeness (QED) is 0.889. The van der Waals surface area contributed by atoms with Crippen molar-refractivity contribution in [3.8, 4) is 0 Å². The van der Waals surface area contributed by atoms with Crippen LogP contribution in [-0.4, -0.2) is 30.6 Å². The van der Waals surface area contributed by atoms with Gasteiger partial charge in [-0.1, -0.05) is 19.4 Å². The van der Waals surface area contributed by atoms with Crippen LogP contribution in [0.4, 0.5) is 8.78 Å². The van der Waals surface area contributed by atoms with Gasteiger partial charge in [0.05, 0.1) is 0 Å². The molecule has 1 heterocycles. The Kier molecular flexibility index (Phi) is 5.49. The third-order valence-electron chi connectivity index (χ3n) is 4.25. The van der Waals surface area contributed by atoms with E-state index < -0.39 is 11.6 Å². The summed E-state index contributed by atoms with van der Waals surface area (Å²) in [6.07, 6.45) is 3.72. The normalized spacial score (nSPS) is 21.1. The van der Waals surface area contributed by atoms with Crippen LogP contribution in [-0.2, 0) is 0 Å². The SMILES string of the molecule is CCN(CC1CCCCN1)C(C)c1ccc(F)c(F)c1. The Morgan fingerprint density at radius 2 is 2.10 bits per heavy atom. The molecule has 0 spiro atoms. The summed E-state index contributed by atoms with van der Waals surface area (Å²) < 4.78 is 26.4. The topological polar surface area (TPSA) is 15.3 Å². The molecule has 112 valence electrons. The van der Waals surface area contributed by atoms with E-state index in [9.17, 15) is 8.78 Å². The van der Waals surface area contributed by atoms with Crippen molar-refractivity contribution in [2.45, 2.75) is 45.2 Å². The maximum atomic E-state index is 13.4. The largest absolute Gasteiger partial charge is 0.313 e. The van der Waals surface area contributed by atoms with Crippen LogP contribution < -0.4 is 5.32 Å². The number of benzene rings is 1. The highest BCUT2D eigenvalue weighted by atomic mass is 19.2. The second kappa shape index (κ2) is 7.14. The van der Waals surface area contributed by atoms with Crippen LogP contribution in [0.15, 0.2) is 18.2 Å². The van der Waals surface area contributed by atoms with Crippen LogP contribution in [0.25, 0.3) is 0 Å². The third-order valence-corrected chi connectivity index (χ3v) is 4.25. The molecule has 1 N–H and O–H groups in total. The molecule has 2 rings (SSSR count). The summed E-state index contributed by atoms with van der Waals surface area (Å²) in [5.41, 5.74) is 0.835. The van der Waals surface area contributed by atoms with E-state index >= 15 is 0 Å². The van der Waals surface area contributed by atoms with Crippen molar-refractivity contribution < 1.29 is 8.78 Å². The van der Waals surface area contributed by atoms with Gasteiger partial charge in [0.1, 0.15) is 0 Å². The number of likely N-dealkylation sites (N-methyl/N-ethyl adjacent to an activating group) is 1. The van der Waals surface area contributed by atoms with Crippen molar-refractivity contribution in [3.05, 3.63) is 35.4 Å². The van der Waals surface area contributed by atoms with E-state index in [2.05, 4.69) is 24.1 Å². The molecule has 1 saturated heterocycles. The van der Waals surface area contributed by atoms with Crippen LogP contribution in [0, 0.1) is 11.6 Å². The summed E-state index contributed by atoms with van der Waals surface area (Å²) >= 11 is 0.